The number of anilines is 2. The largest absolute Gasteiger partial charge is 0.492 e. The van der Waals surface area contributed by atoms with Crippen LogP contribution in [0.25, 0.3) is 10.8 Å². The van der Waals surface area contributed by atoms with E-state index >= 15 is 0 Å². The van der Waals surface area contributed by atoms with E-state index in [1.165, 1.54) is 22.5 Å². The third kappa shape index (κ3) is 5.92. The minimum absolute atomic E-state index is 0.0873. The third-order valence-corrected chi connectivity index (χ3v) is 6.37. The molecule has 0 aromatic heterocycles. The molecule has 0 aliphatic carbocycles. The lowest BCUT2D eigenvalue weighted by atomic mass is 10.1. The maximum atomic E-state index is 12.8. The highest BCUT2D eigenvalue weighted by Gasteiger charge is 2.20. The first-order chi connectivity index (χ1) is 16.2. The summed E-state index contributed by atoms with van der Waals surface area (Å²) in [5, 5.41) is 5.38. The lowest BCUT2D eigenvalue weighted by Gasteiger charge is -2.31. The Balaban J connectivity index is 1.49. The van der Waals surface area contributed by atoms with E-state index in [0.717, 1.165) is 29.4 Å². The van der Waals surface area contributed by atoms with Crippen molar-refractivity contribution in [2.45, 2.75) is 18.7 Å². The van der Waals surface area contributed by atoms with Crippen LogP contribution in [-0.2, 0) is 9.53 Å². The quantitative estimate of drug-likeness (QED) is 0.437. The third-order valence-electron chi connectivity index (χ3n) is 5.38. The highest BCUT2D eigenvalue weighted by Crippen LogP contribution is 2.39. The van der Waals surface area contributed by atoms with Gasteiger partial charge >= 0.3 is 0 Å². The monoisotopic (exact) mass is 466 g/mol. The van der Waals surface area contributed by atoms with Gasteiger partial charge in [0.05, 0.1) is 43.6 Å². The zero-order chi connectivity index (χ0) is 23.0. The van der Waals surface area contributed by atoms with Crippen molar-refractivity contribution in [2.75, 3.05) is 55.5 Å². The van der Waals surface area contributed by atoms with Crippen molar-refractivity contribution in [3.63, 3.8) is 0 Å². The highest BCUT2D eigenvalue weighted by molar-refractivity contribution is 8.00. The predicted molar refractivity (Wildman–Crippen MR) is 135 cm³/mol. The topological polar surface area (TPSA) is 60.0 Å². The molecular weight excluding hydrogens is 436 g/mol. The van der Waals surface area contributed by atoms with E-state index in [4.69, 9.17) is 14.2 Å². The SMILES string of the molecule is CCOc1cc(N2CCOCC2)c(OCC)cc1NC(=O)CSc1ccc2ccccc2c1. The van der Waals surface area contributed by atoms with Crippen LogP contribution in [0.4, 0.5) is 11.4 Å². The Bertz CT molecular complexity index is 1100. The molecule has 4 rings (SSSR count). The summed E-state index contributed by atoms with van der Waals surface area (Å²) in [5.41, 5.74) is 1.59. The van der Waals surface area contributed by atoms with Gasteiger partial charge in [-0.2, -0.15) is 0 Å². The summed E-state index contributed by atoms with van der Waals surface area (Å²) in [6.07, 6.45) is 0. The van der Waals surface area contributed by atoms with E-state index in [0.29, 0.717) is 43.6 Å². The molecular formula is C26H30N2O4S. The fraction of sp³-hybridized carbons (Fsp3) is 0.346. The van der Waals surface area contributed by atoms with Crippen molar-refractivity contribution in [1.82, 2.24) is 0 Å². The molecule has 7 heteroatoms. The van der Waals surface area contributed by atoms with E-state index in [1.807, 2.05) is 38.1 Å². The van der Waals surface area contributed by atoms with E-state index < -0.39 is 0 Å². The molecule has 1 aliphatic heterocycles. The number of morpholine rings is 1. The van der Waals surface area contributed by atoms with Crippen LogP contribution < -0.4 is 19.7 Å². The van der Waals surface area contributed by atoms with E-state index in [2.05, 4.69) is 40.5 Å². The number of carbonyl (C=O) groups is 1. The molecule has 0 atom stereocenters. The molecule has 3 aromatic carbocycles. The number of amides is 1. The van der Waals surface area contributed by atoms with Gasteiger partial charge in [0.2, 0.25) is 5.91 Å². The maximum absolute atomic E-state index is 12.8. The van der Waals surface area contributed by atoms with E-state index in [9.17, 15) is 4.79 Å². The second kappa shape index (κ2) is 11.3. The fourth-order valence-corrected chi connectivity index (χ4v) is 4.58. The molecule has 174 valence electrons. The number of hydrogen-bond donors (Lipinski definition) is 1. The van der Waals surface area contributed by atoms with Gasteiger partial charge < -0.3 is 24.4 Å². The van der Waals surface area contributed by atoms with Crippen molar-refractivity contribution >= 4 is 39.8 Å². The molecule has 1 amide bonds. The van der Waals surface area contributed by atoms with Crippen LogP contribution in [0.3, 0.4) is 0 Å². The summed E-state index contributed by atoms with van der Waals surface area (Å²) in [5.74, 6) is 1.60. The highest BCUT2D eigenvalue weighted by atomic mass is 32.2. The zero-order valence-electron chi connectivity index (χ0n) is 19.1. The number of ether oxygens (including phenoxy) is 3. The maximum Gasteiger partial charge on any atom is 0.234 e. The normalized spacial score (nSPS) is 13.7. The number of carbonyl (C=O) groups excluding carboxylic acids is 1. The summed E-state index contributed by atoms with van der Waals surface area (Å²) in [6.45, 7) is 7.88. The number of benzene rings is 3. The number of hydrogen-bond acceptors (Lipinski definition) is 6. The Morgan fingerprint density at radius 1 is 0.970 bits per heavy atom. The molecule has 6 nitrogen and oxygen atoms in total. The van der Waals surface area contributed by atoms with E-state index in [-0.39, 0.29) is 5.91 Å². The van der Waals surface area contributed by atoms with Gasteiger partial charge in [-0.05, 0) is 36.8 Å². The minimum Gasteiger partial charge on any atom is -0.492 e. The molecule has 1 N–H and O–H groups in total. The molecule has 1 heterocycles. The van der Waals surface area contributed by atoms with Crippen LogP contribution in [0, 0.1) is 0 Å². The van der Waals surface area contributed by atoms with Crippen molar-refractivity contribution in [2.24, 2.45) is 0 Å². The first kappa shape index (κ1) is 23.3. The molecule has 0 bridgehead atoms. The van der Waals surface area contributed by atoms with Crippen LogP contribution in [0.1, 0.15) is 13.8 Å². The molecule has 1 fully saturated rings. The lowest BCUT2D eigenvalue weighted by molar-refractivity contribution is -0.113. The lowest BCUT2D eigenvalue weighted by Crippen LogP contribution is -2.36. The molecule has 3 aromatic rings. The first-order valence-electron chi connectivity index (χ1n) is 11.4. The van der Waals surface area contributed by atoms with Crippen molar-refractivity contribution in [1.29, 1.82) is 0 Å². The second-order valence-corrected chi connectivity index (χ2v) is 8.68. The van der Waals surface area contributed by atoms with Crippen LogP contribution in [0.5, 0.6) is 11.5 Å². The van der Waals surface area contributed by atoms with Gasteiger partial charge in [0.25, 0.3) is 0 Å². The summed E-state index contributed by atoms with van der Waals surface area (Å²) in [4.78, 5) is 16.1. The molecule has 0 unspecified atom stereocenters. The first-order valence-corrected chi connectivity index (χ1v) is 12.3. The van der Waals surface area contributed by atoms with Crippen LogP contribution in [0.15, 0.2) is 59.5 Å². The molecule has 1 saturated heterocycles. The van der Waals surface area contributed by atoms with Crippen LogP contribution in [-0.4, -0.2) is 51.2 Å². The zero-order valence-corrected chi connectivity index (χ0v) is 20.0. The average Bonchev–Trinajstić information content (AvgIpc) is 2.85. The number of nitrogens with zero attached hydrogens (tertiary/aromatic N) is 1. The van der Waals surface area contributed by atoms with E-state index in [1.54, 1.807) is 0 Å². The Kier molecular flexibility index (Phi) is 7.96. The van der Waals surface area contributed by atoms with Crippen LogP contribution in [0.2, 0.25) is 0 Å². The van der Waals surface area contributed by atoms with Gasteiger partial charge in [0, 0.05) is 30.1 Å². The molecule has 0 spiro atoms. The Labute approximate surface area is 199 Å². The van der Waals surface area contributed by atoms with Gasteiger partial charge in [-0.1, -0.05) is 30.3 Å². The molecule has 33 heavy (non-hydrogen) atoms. The van der Waals surface area contributed by atoms with Gasteiger partial charge in [-0.15, -0.1) is 11.8 Å². The minimum atomic E-state index is -0.0873. The molecule has 1 aliphatic rings. The predicted octanol–water partition coefficient (Wildman–Crippen LogP) is 5.20. The standard InChI is InChI=1S/C26H30N2O4S/c1-3-31-24-17-23(28-11-13-30-14-12-28)25(32-4-2)16-22(24)27-26(29)18-33-21-10-9-19-7-5-6-8-20(19)15-21/h5-10,15-17H,3-4,11-14,18H2,1-2H3,(H,27,29). The Morgan fingerprint density at radius 2 is 1.70 bits per heavy atom. The van der Waals surface area contributed by atoms with Gasteiger partial charge in [-0.25, -0.2) is 0 Å². The van der Waals surface area contributed by atoms with Gasteiger partial charge in [0.15, 0.2) is 0 Å². The Morgan fingerprint density at radius 3 is 2.45 bits per heavy atom. The smallest absolute Gasteiger partial charge is 0.234 e. The number of nitrogens with one attached hydrogen (secondary N) is 1. The van der Waals surface area contributed by atoms with Gasteiger partial charge in [-0.3, -0.25) is 4.79 Å². The van der Waals surface area contributed by atoms with Crippen molar-refractivity contribution in [3.05, 3.63) is 54.6 Å². The summed E-state index contributed by atoms with van der Waals surface area (Å²) < 4.78 is 17.3. The number of rotatable bonds is 9. The summed E-state index contributed by atoms with van der Waals surface area (Å²) >= 11 is 1.52. The van der Waals surface area contributed by atoms with Crippen molar-refractivity contribution < 1.29 is 19.0 Å². The number of fused-ring (bicyclic) bond motifs is 1. The molecule has 0 saturated carbocycles. The molecule has 0 radical (unpaired) electrons. The van der Waals surface area contributed by atoms with Crippen molar-refractivity contribution in [3.8, 4) is 11.5 Å². The van der Waals surface area contributed by atoms with Crippen LogP contribution >= 0.6 is 11.8 Å². The van der Waals surface area contributed by atoms with Gasteiger partial charge in [0.1, 0.15) is 11.5 Å². The number of thioether (sulfide) groups is 1. The fourth-order valence-electron chi connectivity index (χ4n) is 3.84. The average molecular weight is 467 g/mol. The summed E-state index contributed by atoms with van der Waals surface area (Å²) in [7, 11) is 0. The summed E-state index contributed by atoms with van der Waals surface area (Å²) in [6, 6.07) is 18.3. The second-order valence-electron chi connectivity index (χ2n) is 7.63. The Hall–Kier alpha value is -2.90.